The maximum Gasteiger partial charge on any atom is 0.0704 e. The van der Waals surface area contributed by atoms with Crippen molar-refractivity contribution in [3.63, 3.8) is 0 Å². The first-order chi connectivity index (χ1) is 11.8. The lowest BCUT2D eigenvalue weighted by molar-refractivity contribution is -0.0350. The molecule has 0 spiro atoms. The van der Waals surface area contributed by atoms with Gasteiger partial charge in [-0.05, 0) is 19.9 Å². The van der Waals surface area contributed by atoms with Gasteiger partial charge in [-0.25, -0.2) is 0 Å². The van der Waals surface area contributed by atoms with Gasteiger partial charge >= 0.3 is 0 Å². The second-order valence-corrected chi connectivity index (χ2v) is 5.82. The van der Waals surface area contributed by atoms with Gasteiger partial charge in [0.1, 0.15) is 0 Å². The van der Waals surface area contributed by atoms with Crippen LogP contribution in [0.2, 0.25) is 0 Å². The molecular formula is C17H35NO6. The van der Waals surface area contributed by atoms with Crippen LogP contribution in [0, 0.1) is 0 Å². The molecule has 0 unspecified atom stereocenters. The van der Waals surface area contributed by atoms with Crippen molar-refractivity contribution >= 4 is 0 Å². The molecule has 0 bridgehead atoms. The third-order valence-corrected chi connectivity index (χ3v) is 3.79. The largest absolute Gasteiger partial charge is 0.382 e. The minimum absolute atomic E-state index is 0.400. The zero-order chi connectivity index (χ0) is 17.3. The summed E-state index contributed by atoms with van der Waals surface area (Å²) in [6.45, 7) is 8.27. The van der Waals surface area contributed by atoms with E-state index in [2.05, 4.69) is 11.9 Å². The molecule has 0 aliphatic carbocycles. The molecule has 0 radical (unpaired) electrons. The minimum Gasteiger partial charge on any atom is -0.382 e. The maximum absolute atomic E-state index is 5.81. The van der Waals surface area contributed by atoms with Crippen LogP contribution < -0.4 is 0 Å². The SMILES string of the molecule is COCCOCCOCCOCCOCCOC1CCN(C)CC1. The first kappa shape index (κ1) is 21.8. The highest BCUT2D eigenvalue weighted by molar-refractivity contribution is 4.69. The predicted octanol–water partition coefficient (Wildman–Crippen LogP) is 0.810. The maximum atomic E-state index is 5.81. The Kier molecular flexibility index (Phi) is 14.7. The van der Waals surface area contributed by atoms with E-state index in [0.717, 1.165) is 25.9 Å². The number of ether oxygens (including phenoxy) is 6. The molecule has 1 saturated heterocycles. The topological polar surface area (TPSA) is 58.6 Å². The summed E-state index contributed by atoms with van der Waals surface area (Å²) in [7, 11) is 3.81. The van der Waals surface area contributed by atoms with Crippen LogP contribution in [-0.2, 0) is 28.4 Å². The van der Waals surface area contributed by atoms with Crippen molar-refractivity contribution < 1.29 is 28.4 Å². The van der Waals surface area contributed by atoms with Crippen LogP contribution >= 0.6 is 0 Å². The number of likely N-dealkylation sites (tertiary alicyclic amines) is 1. The highest BCUT2D eigenvalue weighted by Gasteiger charge is 2.16. The van der Waals surface area contributed by atoms with Gasteiger partial charge in [0.05, 0.1) is 72.2 Å². The molecule has 24 heavy (non-hydrogen) atoms. The Labute approximate surface area is 146 Å². The molecule has 0 aromatic heterocycles. The quantitative estimate of drug-likeness (QED) is 0.382. The number of hydrogen-bond acceptors (Lipinski definition) is 7. The fourth-order valence-corrected chi connectivity index (χ4v) is 2.33. The smallest absolute Gasteiger partial charge is 0.0704 e. The van der Waals surface area contributed by atoms with Crippen molar-refractivity contribution in [2.75, 3.05) is 93.3 Å². The van der Waals surface area contributed by atoms with Gasteiger partial charge in [0.2, 0.25) is 0 Å². The average molecular weight is 349 g/mol. The van der Waals surface area contributed by atoms with Crippen LogP contribution in [0.1, 0.15) is 12.8 Å². The summed E-state index contributed by atoms with van der Waals surface area (Å²) >= 11 is 0. The minimum atomic E-state index is 0.400. The number of hydrogen-bond donors (Lipinski definition) is 0. The van der Waals surface area contributed by atoms with Crippen LogP contribution in [0.3, 0.4) is 0 Å². The number of nitrogens with zero attached hydrogens (tertiary/aromatic N) is 1. The van der Waals surface area contributed by atoms with E-state index >= 15 is 0 Å². The van der Waals surface area contributed by atoms with Crippen molar-refractivity contribution in [1.29, 1.82) is 0 Å². The van der Waals surface area contributed by atoms with Gasteiger partial charge in [0.25, 0.3) is 0 Å². The standard InChI is InChI=1S/C17H35NO6/c1-18-5-3-17(4-6-18)24-16-15-23-14-13-22-12-11-21-10-9-20-8-7-19-2/h17H,3-16H2,1-2H3. The predicted molar refractivity (Wildman–Crippen MR) is 91.6 cm³/mol. The summed E-state index contributed by atoms with van der Waals surface area (Å²) in [6, 6.07) is 0. The summed E-state index contributed by atoms with van der Waals surface area (Å²) in [6.07, 6.45) is 2.64. The van der Waals surface area contributed by atoms with Gasteiger partial charge in [-0.1, -0.05) is 0 Å². The molecule has 1 heterocycles. The lowest BCUT2D eigenvalue weighted by Gasteiger charge is -2.28. The Bertz CT molecular complexity index is 261. The molecule has 144 valence electrons. The summed E-state index contributed by atoms with van der Waals surface area (Å²) in [5.41, 5.74) is 0. The second kappa shape index (κ2) is 16.2. The fourth-order valence-electron chi connectivity index (χ4n) is 2.33. The monoisotopic (exact) mass is 349 g/mol. The summed E-state index contributed by atoms with van der Waals surface area (Å²) < 4.78 is 32.3. The van der Waals surface area contributed by atoms with E-state index < -0.39 is 0 Å². The van der Waals surface area contributed by atoms with Crippen LogP contribution in [0.4, 0.5) is 0 Å². The normalized spacial score (nSPS) is 16.8. The van der Waals surface area contributed by atoms with Crippen LogP contribution in [0.25, 0.3) is 0 Å². The second-order valence-electron chi connectivity index (χ2n) is 5.82. The van der Waals surface area contributed by atoms with E-state index in [1.54, 1.807) is 7.11 Å². The van der Waals surface area contributed by atoms with E-state index in [-0.39, 0.29) is 0 Å². The zero-order valence-electron chi connectivity index (χ0n) is 15.4. The lowest BCUT2D eigenvalue weighted by atomic mass is 10.1. The van der Waals surface area contributed by atoms with Crippen molar-refractivity contribution in [1.82, 2.24) is 4.90 Å². The van der Waals surface area contributed by atoms with Gasteiger partial charge < -0.3 is 33.3 Å². The molecular weight excluding hydrogens is 314 g/mol. The molecule has 0 N–H and O–H groups in total. The summed E-state index contributed by atoms with van der Waals surface area (Å²) in [5, 5.41) is 0. The summed E-state index contributed by atoms with van der Waals surface area (Å²) in [4.78, 5) is 2.34. The van der Waals surface area contributed by atoms with Crippen molar-refractivity contribution in [2.24, 2.45) is 0 Å². The first-order valence-corrected chi connectivity index (χ1v) is 8.93. The van der Waals surface area contributed by atoms with Crippen molar-refractivity contribution in [2.45, 2.75) is 18.9 Å². The molecule has 0 atom stereocenters. The number of piperidine rings is 1. The Morgan fingerprint density at radius 1 is 0.667 bits per heavy atom. The molecule has 0 aromatic rings. The van der Waals surface area contributed by atoms with E-state index in [9.17, 15) is 0 Å². The number of rotatable bonds is 16. The average Bonchev–Trinajstić information content (AvgIpc) is 2.60. The highest BCUT2D eigenvalue weighted by Crippen LogP contribution is 2.11. The van der Waals surface area contributed by atoms with E-state index in [1.807, 2.05) is 0 Å². The highest BCUT2D eigenvalue weighted by atomic mass is 16.6. The Balaban J connectivity index is 1.69. The van der Waals surface area contributed by atoms with E-state index in [4.69, 9.17) is 28.4 Å². The molecule has 0 saturated carbocycles. The van der Waals surface area contributed by atoms with Gasteiger partial charge in [-0.15, -0.1) is 0 Å². The fraction of sp³-hybridized carbons (Fsp3) is 1.00. The van der Waals surface area contributed by atoms with Crippen LogP contribution in [-0.4, -0.2) is 104 Å². The van der Waals surface area contributed by atoms with Crippen LogP contribution in [0.15, 0.2) is 0 Å². The van der Waals surface area contributed by atoms with Crippen molar-refractivity contribution in [3.8, 4) is 0 Å². The molecule has 0 aromatic carbocycles. The molecule has 7 nitrogen and oxygen atoms in total. The molecule has 0 amide bonds. The van der Waals surface area contributed by atoms with Gasteiger partial charge in [-0.3, -0.25) is 0 Å². The van der Waals surface area contributed by atoms with E-state index in [1.165, 1.54) is 0 Å². The third kappa shape index (κ3) is 13.1. The third-order valence-electron chi connectivity index (χ3n) is 3.79. The Hall–Kier alpha value is -0.280. The first-order valence-electron chi connectivity index (χ1n) is 8.93. The van der Waals surface area contributed by atoms with Crippen LogP contribution in [0.5, 0.6) is 0 Å². The van der Waals surface area contributed by atoms with Gasteiger partial charge in [-0.2, -0.15) is 0 Å². The van der Waals surface area contributed by atoms with Crippen molar-refractivity contribution in [3.05, 3.63) is 0 Å². The van der Waals surface area contributed by atoms with Gasteiger partial charge in [0.15, 0.2) is 0 Å². The number of methoxy groups -OCH3 is 1. The molecule has 1 rings (SSSR count). The molecule has 1 fully saturated rings. The zero-order valence-corrected chi connectivity index (χ0v) is 15.4. The molecule has 1 aliphatic rings. The summed E-state index contributed by atoms with van der Waals surface area (Å²) in [5.74, 6) is 0. The van der Waals surface area contributed by atoms with Gasteiger partial charge in [0, 0.05) is 20.2 Å². The van der Waals surface area contributed by atoms with E-state index in [0.29, 0.717) is 72.2 Å². The molecule has 1 aliphatic heterocycles. The Morgan fingerprint density at radius 2 is 1.08 bits per heavy atom. The molecule has 7 heteroatoms. The Morgan fingerprint density at radius 3 is 1.54 bits per heavy atom. The lowest BCUT2D eigenvalue weighted by Crippen LogP contribution is -2.34.